The molecule has 0 unspecified atom stereocenters. The van der Waals surface area contributed by atoms with Gasteiger partial charge in [0.1, 0.15) is 30.7 Å². The van der Waals surface area contributed by atoms with Crippen LogP contribution in [0.1, 0.15) is 21.8 Å². The summed E-state index contributed by atoms with van der Waals surface area (Å²) in [4.78, 5) is 39.6. The van der Waals surface area contributed by atoms with E-state index in [2.05, 4.69) is 0 Å². The third kappa shape index (κ3) is 4.00. The van der Waals surface area contributed by atoms with Crippen molar-refractivity contribution < 1.29 is 89.1 Å². The quantitative estimate of drug-likeness (QED) is 0.0917. The fourth-order valence-electron chi connectivity index (χ4n) is 5.42. The maximum Gasteiger partial charge on any atom is 0.339 e. The molecule has 1 aliphatic carbocycles. The average molecular weight is 622 g/mol. The first-order chi connectivity index (χ1) is 20.6. The number of phenols is 5. The van der Waals surface area contributed by atoms with E-state index in [9.17, 15) is 65.4 Å². The Hall–Kier alpha value is -4.85. The Morgan fingerprint density at radius 1 is 0.841 bits per heavy atom. The first-order valence-corrected chi connectivity index (χ1v) is 12.6. The van der Waals surface area contributed by atoms with Crippen molar-refractivity contribution in [3.8, 4) is 40.2 Å². The molecule has 3 heterocycles. The molecule has 2 aromatic rings. The molecule has 18 heteroatoms. The summed E-state index contributed by atoms with van der Waals surface area (Å²) in [5, 5.41) is 104. The van der Waals surface area contributed by atoms with Crippen molar-refractivity contribution in [3.63, 3.8) is 0 Å². The largest absolute Gasteiger partial charge is 0.504 e. The fraction of sp³-hybridized carbons (Fsp3) is 0.346. The normalized spacial score (nSPS) is 32.2. The lowest BCUT2D eigenvalue weighted by Gasteiger charge is -2.49. The smallest absolute Gasteiger partial charge is 0.339 e. The van der Waals surface area contributed by atoms with E-state index < -0.39 is 124 Å². The highest BCUT2D eigenvalue weighted by Gasteiger charge is 2.69. The summed E-state index contributed by atoms with van der Waals surface area (Å²) >= 11 is 0. The molecule has 1 fully saturated rings. The molecule has 0 amide bonds. The summed E-state index contributed by atoms with van der Waals surface area (Å²) < 4.78 is 26.5. The molecular formula is C26H22O18. The molecule has 0 spiro atoms. The van der Waals surface area contributed by atoms with Gasteiger partial charge in [0.2, 0.25) is 23.6 Å². The van der Waals surface area contributed by atoms with Crippen LogP contribution < -0.4 is 9.47 Å². The second-order valence-corrected chi connectivity index (χ2v) is 10.3. The summed E-state index contributed by atoms with van der Waals surface area (Å²) in [5.41, 5.74) is -2.36. The van der Waals surface area contributed by atoms with Crippen molar-refractivity contribution in [3.05, 3.63) is 41.0 Å². The van der Waals surface area contributed by atoms with Gasteiger partial charge in [-0.15, -0.1) is 0 Å². The van der Waals surface area contributed by atoms with E-state index in [4.69, 9.17) is 23.7 Å². The number of hydrogen-bond donors (Lipinski definition) is 10. The van der Waals surface area contributed by atoms with Crippen molar-refractivity contribution >= 4 is 17.7 Å². The molecule has 44 heavy (non-hydrogen) atoms. The highest BCUT2D eigenvalue weighted by molar-refractivity contribution is 6.08. The van der Waals surface area contributed by atoms with Crippen LogP contribution in [0.2, 0.25) is 0 Å². The molecule has 4 aliphatic rings. The number of benzene rings is 2. The van der Waals surface area contributed by atoms with Crippen LogP contribution in [0.5, 0.6) is 40.2 Å². The number of hydrogen-bond acceptors (Lipinski definition) is 18. The zero-order chi connectivity index (χ0) is 32.0. The summed E-state index contributed by atoms with van der Waals surface area (Å²) in [6, 6.07) is 2.24. The van der Waals surface area contributed by atoms with Crippen LogP contribution in [-0.2, 0) is 23.8 Å². The highest BCUT2D eigenvalue weighted by atomic mass is 16.7. The molecule has 1 saturated heterocycles. The minimum absolute atomic E-state index is 0.378. The second kappa shape index (κ2) is 9.58. The summed E-state index contributed by atoms with van der Waals surface area (Å²) in [7, 11) is 0. The number of carbonyl (C=O) groups is 3. The first kappa shape index (κ1) is 29.2. The van der Waals surface area contributed by atoms with Gasteiger partial charge in [0.25, 0.3) is 5.79 Å². The number of ether oxygens (including phenoxy) is 5. The van der Waals surface area contributed by atoms with Gasteiger partial charge in [-0.05, 0) is 12.1 Å². The van der Waals surface area contributed by atoms with Gasteiger partial charge in [-0.25, -0.2) is 9.59 Å². The lowest BCUT2D eigenvalue weighted by molar-refractivity contribution is -0.339. The number of aromatic hydroxyl groups is 5. The Labute approximate surface area is 243 Å². The van der Waals surface area contributed by atoms with E-state index in [0.717, 1.165) is 12.1 Å². The van der Waals surface area contributed by atoms with Crippen LogP contribution in [0.25, 0.3) is 0 Å². The molecule has 0 saturated carbocycles. The molecule has 7 atom stereocenters. The Morgan fingerprint density at radius 2 is 1.48 bits per heavy atom. The van der Waals surface area contributed by atoms with Crippen molar-refractivity contribution in [2.45, 2.75) is 48.2 Å². The maximum atomic E-state index is 13.5. The Bertz CT molecular complexity index is 1620. The molecule has 6 rings (SSSR count). The standard InChI is InChI=1S/C26H22O18/c27-9-1-6(2-10(28)16(9)31)41-24-19(34)18(33)20-12(42-24)5-40-22(35)8-4-13(30)26(39)25(37,38)15(8)14-7(23(36)43-20)3-11(29)17(32)21(14)44-26/h1-4,12,15,18-20,24,27-29,31-34,37-39H,5H2/t12-,15+,18-,19-,20-,24-,26-/m1/s1. The van der Waals surface area contributed by atoms with Crippen LogP contribution in [0, 0.1) is 0 Å². The lowest BCUT2D eigenvalue weighted by atomic mass is 9.70. The maximum absolute atomic E-state index is 13.5. The number of cyclic esters (lactones) is 1. The van der Waals surface area contributed by atoms with Gasteiger partial charge in [0.05, 0.1) is 17.1 Å². The van der Waals surface area contributed by atoms with Gasteiger partial charge in [0.15, 0.2) is 29.1 Å². The van der Waals surface area contributed by atoms with Crippen molar-refractivity contribution in [1.29, 1.82) is 0 Å². The number of rotatable bonds is 2. The van der Waals surface area contributed by atoms with Crippen molar-refractivity contribution in [2.75, 3.05) is 6.61 Å². The molecule has 0 radical (unpaired) electrons. The number of esters is 2. The Balaban J connectivity index is 1.44. The van der Waals surface area contributed by atoms with Crippen molar-refractivity contribution in [1.82, 2.24) is 0 Å². The van der Waals surface area contributed by atoms with E-state index in [0.29, 0.717) is 12.1 Å². The summed E-state index contributed by atoms with van der Waals surface area (Å²) in [6.45, 7) is -0.908. The average Bonchev–Trinajstić information content (AvgIpc) is 2.96. The third-order valence-electron chi connectivity index (χ3n) is 7.66. The zero-order valence-corrected chi connectivity index (χ0v) is 21.7. The van der Waals surface area contributed by atoms with Crippen molar-refractivity contribution in [2.24, 2.45) is 0 Å². The van der Waals surface area contributed by atoms with Gasteiger partial charge < -0.3 is 74.7 Å². The first-order valence-electron chi connectivity index (χ1n) is 12.6. The molecule has 10 N–H and O–H groups in total. The molecular weight excluding hydrogens is 600 g/mol. The van der Waals surface area contributed by atoms with Gasteiger partial charge in [-0.1, -0.05) is 0 Å². The number of ketones is 1. The number of phenolic OH excluding ortho intramolecular Hbond substituents is 5. The molecule has 2 aromatic carbocycles. The second-order valence-electron chi connectivity index (χ2n) is 10.3. The summed E-state index contributed by atoms with van der Waals surface area (Å²) in [5.74, 6) is -20.0. The Kier molecular flexibility index (Phi) is 6.36. The van der Waals surface area contributed by atoms with Gasteiger partial charge in [0, 0.05) is 17.7 Å². The predicted octanol–water partition coefficient (Wildman–Crippen LogP) is -2.82. The van der Waals surface area contributed by atoms with Crippen LogP contribution >= 0.6 is 0 Å². The zero-order valence-electron chi connectivity index (χ0n) is 21.7. The number of aliphatic hydroxyl groups excluding tert-OH is 2. The SMILES string of the molecule is O=C1OC[C@H]2O[C@@H](Oc3cc(O)c(O)c(O)c3)[C@H](O)[C@@H](O)[C@@H]2OC(=O)c2cc(O)c(O)c3c2[C@@H]2C1=CC(=O)[C@@](O)(O3)C2(O)O. The van der Waals surface area contributed by atoms with E-state index in [-0.39, 0.29) is 5.75 Å². The van der Waals surface area contributed by atoms with E-state index in [1.165, 1.54) is 0 Å². The van der Waals surface area contributed by atoms with Crippen LogP contribution in [0.15, 0.2) is 29.8 Å². The van der Waals surface area contributed by atoms with E-state index in [1.54, 1.807) is 0 Å². The van der Waals surface area contributed by atoms with Crippen LogP contribution in [0.3, 0.4) is 0 Å². The fourth-order valence-corrected chi connectivity index (χ4v) is 5.42. The van der Waals surface area contributed by atoms with E-state index >= 15 is 0 Å². The van der Waals surface area contributed by atoms with Gasteiger partial charge >= 0.3 is 17.7 Å². The molecule has 3 aliphatic heterocycles. The minimum atomic E-state index is -3.66. The molecule has 0 aromatic heterocycles. The molecule has 234 valence electrons. The predicted molar refractivity (Wildman–Crippen MR) is 131 cm³/mol. The van der Waals surface area contributed by atoms with Crippen LogP contribution in [-0.4, -0.2) is 118 Å². The van der Waals surface area contributed by atoms with Crippen LogP contribution in [0.4, 0.5) is 0 Å². The van der Waals surface area contributed by atoms with Gasteiger partial charge in [-0.3, -0.25) is 4.79 Å². The van der Waals surface area contributed by atoms with Gasteiger partial charge in [-0.2, -0.15) is 0 Å². The number of fused-ring (bicyclic) bond motifs is 2. The topological polar surface area (TPSA) is 300 Å². The van der Waals surface area contributed by atoms with E-state index in [1.807, 2.05) is 0 Å². The number of aliphatic hydroxyl groups is 5. The number of carbonyl (C=O) groups excluding carboxylic acids is 3. The monoisotopic (exact) mass is 622 g/mol. The minimum Gasteiger partial charge on any atom is -0.504 e. The summed E-state index contributed by atoms with van der Waals surface area (Å²) in [6.07, 6.45) is -9.03. The lowest BCUT2D eigenvalue weighted by Crippen LogP contribution is -2.70. The highest BCUT2D eigenvalue weighted by Crippen LogP contribution is 2.58. The molecule has 18 nitrogen and oxygen atoms in total. The Morgan fingerprint density at radius 3 is 2.14 bits per heavy atom. The molecule has 2 bridgehead atoms. The third-order valence-corrected chi connectivity index (χ3v) is 7.66.